The molecule has 3 fully saturated rings. The predicted molar refractivity (Wildman–Crippen MR) is 298 cm³/mol. The van der Waals surface area contributed by atoms with Crippen molar-refractivity contribution in [3.8, 4) is 28.7 Å². The highest BCUT2D eigenvalue weighted by Gasteiger charge is 2.57. The normalized spacial score (nSPS) is 31.8. The first-order valence-corrected chi connectivity index (χ1v) is 27.6. The summed E-state index contributed by atoms with van der Waals surface area (Å²) in [6.07, 6.45) is -14.3. The second-order valence-corrected chi connectivity index (χ2v) is 22.7. The number of hydrogen-bond donors (Lipinski definition) is 11. The summed E-state index contributed by atoms with van der Waals surface area (Å²) in [5.74, 6) is -4.16. The number of carbonyl (C=O) groups is 3. The van der Waals surface area contributed by atoms with Gasteiger partial charge in [0.1, 0.15) is 75.8 Å². The van der Waals surface area contributed by atoms with E-state index in [-0.39, 0.29) is 78.3 Å². The number of nitrogens with two attached hydrogens (primary N) is 2. The predicted octanol–water partition coefficient (Wildman–Crippen LogP) is 1.73. The Balaban J connectivity index is 0.000000182. The Morgan fingerprint density at radius 1 is 0.721 bits per heavy atom. The summed E-state index contributed by atoms with van der Waals surface area (Å²) in [5, 5.41) is 99.0. The number of ether oxygens (including phenoxy) is 8. The minimum atomic E-state index is -2.24. The number of benzene rings is 5. The Bertz CT molecular complexity index is 4000. The summed E-state index contributed by atoms with van der Waals surface area (Å²) in [6.45, 7) is 6.77. The van der Waals surface area contributed by atoms with E-state index in [1.165, 1.54) is 58.4 Å². The van der Waals surface area contributed by atoms with E-state index in [0.29, 0.717) is 10.9 Å². The van der Waals surface area contributed by atoms with Gasteiger partial charge in [-0.15, -0.1) is 0 Å². The van der Waals surface area contributed by atoms with Gasteiger partial charge in [-0.05, 0) is 58.4 Å². The van der Waals surface area contributed by atoms with E-state index in [1.54, 1.807) is 39.0 Å². The first kappa shape index (κ1) is 60.4. The minimum absolute atomic E-state index is 0.0173. The summed E-state index contributed by atoms with van der Waals surface area (Å²) in [4.78, 5) is 66.3. The number of aromatic hydroxyl groups is 3. The van der Waals surface area contributed by atoms with E-state index >= 15 is 0 Å². The number of fused-ring (bicyclic) bond motifs is 5. The summed E-state index contributed by atoms with van der Waals surface area (Å²) in [7, 11) is 2.71. The van der Waals surface area contributed by atoms with Crippen LogP contribution in [0.4, 0.5) is 0 Å². The number of rotatable bonds is 10. The first-order chi connectivity index (χ1) is 40.7. The molecule has 0 bridgehead atoms. The molecular weight excluding hydrogens is 1130 g/mol. The molecule has 0 saturated carbocycles. The number of hydrogen-bond acceptors (Lipinski definition) is 26. The lowest BCUT2D eigenvalue weighted by Gasteiger charge is -2.50. The molecular formula is C60H64N2O24. The van der Waals surface area contributed by atoms with E-state index in [2.05, 4.69) is 0 Å². The number of phenols is 3. The molecule has 458 valence electrons. The molecule has 0 amide bonds. The second kappa shape index (κ2) is 22.2. The molecule has 0 radical (unpaired) electrons. The lowest BCUT2D eigenvalue weighted by Crippen LogP contribution is -2.69. The third kappa shape index (κ3) is 9.46. The molecule has 2 aliphatic carbocycles. The van der Waals surface area contributed by atoms with Crippen molar-refractivity contribution >= 4 is 60.8 Å². The van der Waals surface area contributed by atoms with Crippen LogP contribution in [0.25, 0.3) is 43.5 Å². The van der Waals surface area contributed by atoms with Crippen LogP contribution in [0.5, 0.6) is 28.7 Å². The molecule has 16 atom stereocenters. The average Bonchev–Trinajstić information content (AvgIpc) is 0.735. The van der Waals surface area contributed by atoms with Crippen molar-refractivity contribution in [2.24, 2.45) is 11.5 Å². The summed E-state index contributed by atoms with van der Waals surface area (Å²) in [5.41, 5.74) is 5.89. The zero-order valence-corrected chi connectivity index (χ0v) is 47.3. The highest BCUT2D eigenvalue weighted by Crippen LogP contribution is 2.53. The molecule has 5 aromatic carbocycles. The van der Waals surface area contributed by atoms with Crippen LogP contribution >= 0.6 is 0 Å². The van der Waals surface area contributed by atoms with E-state index in [9.17, 15) is 69.9 Å². The lowest BCUT2D eigenvalue weighted by molar-refractivity contribution is -0.356. The molecule has 13 N–H and O–H groups in total. The lowest BCUT2D eigenvalue weighted by atomic mass is 9.72. The van der Waals surface area contributed by atoms with Crippen molar-refractivity contribution in [2.45, 2.75) is 151 Å². The van der Waals surface area contributed by atoms with Crippen molar-refractivity contribution in [3.05, 3.63) is 108 Å². The Kier molecular flexibility index (Phi) is 15.6. The zero-order chi connectivity index (χ0) is 62.1. The largest absolute Gasteiger partial charge is 0.507 e. The van der Waals surface area contributed by atoms with Crippen LogP contribution in [0.2, 0.25) is 0 Å². The van der Waals surface area contributed by atoms with Gasteiger partial charge in [0, 0.05) is 65.3 Å². The van der Waals surface area contributed by atoms with Crippen LogP contribution in [-0.2, 0) is 39.6 Å². The van der Waals surface area contributed by atoms with Crippen LogP contribution in [0.1, 0.15) is 95.2 Å². The van der Waals surface area contributed by atoms with Crippen LogP contribution in [-0.4, -0.2) is 175 Å². The van der Waals surface area contributed by atoms with Crippen LogP contribution in [0, 0.1) is 6.92 Å². The van der Waals surface area contributed by atoms with Gasteiger partial charge in [-0.1, -0.05) is 30.3 Å². The van der Waals surface area contributed by atoms with Crippen molar-refractivity contribution in [3.63, 3.8) is 0 Å². The van der Waals surface area contributed by atoms with E-state index in [1.807, 2.05) is 0 Å². The molecule has 5 heterocycles. The summed E-state index contributed by atoms with van der Waals surface area (Å²) in [6, 6.07) is 10.4. The number of methoxy groups -OCH3 is 2. The maximum absolute atomic E-state index is 13.6. The van der Waals surface area contributed by atoms with Crippen LogP contribution in [0.15, 0.2) is 67.0 Å². The van der Waals surface area contributed by atoms with E-state index in [4.69, 9.17) is 58.2 Å². The Morgan fingerprint density at radius 2 is 1.38 bits per heavy atom. The second-order valence-electron chi connectivity index (χ2n) is 22.7. The van der Waals surface area contributed by atoms with Gasteiger partial charge in [-0.25, -0.2) is 9.59 Å². The van der Waals surface area contributed by atoms with Gasteiger partial charge in [0.2, 0.25) is 12.1 Å². The molecule has 0 spiro atoms. The molecule has 5 aliphatic rings. The fourth-order valence-corrected chi connectivity index (χ4v) is 12.7. The summed E-state index contributed by atoms with van der Waals surface area (Å²) >= 11 is 0. The van der Waals surface area contributed by atoms with Gasteiger partial charge in [-0.2, -0.15) is 0 Å². The number of carbonyl (C=O) groups excluding carboxylic acids is 3. The van der Waals surface area contributed by atoms with Crippen molar-refractivity contribution in [1.29, 1.82) is 0 Å². The zero-order valence-electron chi connectivity index (χ0n) is 47.3. The molecule has 3 saturated heterocycles. The Hall–Kier alpha value is -7.25. The third-order valence-electron chi connectivity index (χ3n) is 17.3. The Morgan fingerprint density at radius 3 is 2.07 bits per heavy atom. The molecule has 0 unspecified atom stereocenters. The fourth-order valence-electron chi connectivity index (χ4n) is 12.7. The maximum Gasteiger partial charge on any atom is 0.348 e. The quantitative estimate of drug-likeness (QED) is 0.0402. The Labute approximate surface area is 486 Å². The monoisotopic (exact) mass is 1200 g/mol. The van der Waals surface area contributed by atoms with E-state index in [0.717, 1.165) is 0 Å². The number of Topliss-reactive ketones (excluding diaryl/α,β-unsaturated/α-hetero) is 1. The topological polar surface area (TPSA) is 420 Å². The third-order valence-corrected chi connectivity index (χ3v) is 17.3. The van der Waals surface area contributed by atoms with Gasteiger partial charge >= 0.3 is 11.3 Å². The van der Waals surface area contributed by atoms with Gasteiger partial charge in [0.15, 0.2) is 35.8 Å². The molecule has 7 aromatic rings. The van der Waals surface area contributed by atoms with E-state index < -0.39 is 174 Å². The van der Waals surface area contributed by atoms with Gasteiger partial charge in [0.05, 0.1) is 71.1 Å². The molecule has 26 nitrogen and oxygen atoms in total. The number of aliphatic hydroxyl groups excluding tert-OH is 4. The standard InChI is InChI=1S/C33H35NO13.C27H29NO11/c1-11-9-10-16-19-17(11)29(38)46-25-18-14(24(36)21(20(19)25)30(39)44-16)7-6-8-15(18)45-32-28(33(4,40)27(37)13(3)43-32)47-31-22(34)26(41-5)23(35)12(2)42-31;1-10-22(31)13(28)6-17(38-10)39-15-8-27(36,16(30)9-29)7-12-19(15)26(35)21-20(24(12)33)23(32)11-4-3-5-14(37-2)18(11)25(21)34/h6-10,12-13,22-23,26-28,31-32,35-37,40H,34H2,1-5H3;3-5,10,13,15,17,22,29,31,33,35-36H,6-9,28H2,1-2H3/t12-,13-,22-,23+,26-,27+,28+,31-,32+,33+;10-,13-,15-,17-,22+,27-/m10/s1. The number of aryl methyl sites for hydroxylation is 1. The minimum Gasteiger partial charge on any atom is -0.507 e. The average molecular weight is 1200 g/mol. The van der Waals surface area contributed by atoms with Crippen molar-refractivity contribution < 1.29 is 107 Å². The highest BCUT2D eigenvalue weighted by atomic mass is 16.8. The first-order valence-electron chi connectivity index (χ1n) is 27.6. The van der Waals surface area contributed by atoms with Crippen LogP contribution < -0.4 is 32.2 Å². The van der Waals surface area contributed by atoms with Gasteiger partial charge in [0.25, 0.3) is 0 Å². The number of aliphatic hydroxyl groups is 6. The number of phenolic OH excluding ortho intramolecular Hbond substituents is 3. The van der Waals surface area contributed by atoms with Gasteiger partial charge < -0.3 is 104 Å². The van der Waals surface area contributed by atoms with Crippen LogP contribution in [0.3, 0.4) is 0 Å². The molecule has 2 aromatic heterocycles. The number of ketones is 3. The summed E-state index contributed by atoms with van der Waals surface area (Å²) < 4.78 is 58.2. The molecule has 12 rings (SSSR count). The molecule has 86 heavy (non-hydrogen) atoms. The van der Waals surface area contributed by atoms with Gasteiger partial charge in [-0.3, -0.25) is 14.4 Å². The highest BCUT2D eigenvalue weighted by molar-refractivity contribution is 6.32. The van der Waals surface area contributed by atoms with Crippen molar-refractivity contribution in [1.82, 2.24) is 0 Å². The van der Waals surface area contributed by atoms with Crippen molar-refractivity contribution in [2.75, 3.05) is 20.8 Å². The fraction of sp³-hybridized carbons (Fsp3) is 0.450. The smallest absolute Gasteiger partial charge is 0.348 e. The molecule has 3 aliphatic heterocycles. The molecule has 26 heteroatoms. The SMILES string of the molecule is CO[C@@H]1[C@@H](N)[C@@H](O[C@H]2[C@H](Oc3cccc4c(O)c5c(=O)oc6ccc(C)c7c(=O)oc(c34)c5c67)O[C@H](C)[C@H](O)[C@]2(C)O)O[C@H](C)[C@@H]1O.COc1cccc2c1C(=O)c1c(O)c3c(c(O)c1C2=O)C[C@@](O)(C(=O)CO)C[C@@H]3O[C@H]1C[C@H](N)[C@H](O)[C@H](C)O1. The maximum atomic E-state index is 13.6.